The topological polar surface area (TPSA) is 69.4 Å². The Kier molecular flexibility index (Phi) is 2.32. The van der Waals surface area contributed by atoms with E-state index < -0.39 is 14.3 Å². The van der Waals surface area contributed by atoms with Gasteiger partial charge in [-0.25, -0.2) is 8.42 Å². The molecule has 1 aromatic carbocycles. The van der Waals surface area contributed by atoms with Gasteiger partial charge in [0.2, 0.25) is 0 Å². The van der Waals surface area contributed by atoms with Crippen LogP contribution in [0.1, 0.15) is 0 Å². The van der Waals surface area contributed by atoms with E-state index in [4.69, 9.17) is 19.8 Å². The number of hydrogen-bond acceptors (Lipinski definition) is 5. The molecule has 0 amide bonds. The molecule has 15 heavy (non-hydrogen) atoms. The van der Waals surface area contributed by atoms with Crippen LogP contribution in [0.4, 0.5) is 0 Å². The van der Waals surface area contributed by atoms with Gasteiger partial charge in [-0.15, -0.1) is 0 Å². The summed E-state index contributed by atoms with van der Waals surface area (Å²) < 4.78 is 31.9. The first kappa shape index (κ1) is 10.3. The molecule has 1 aromatic heterocycles. The second-order valence-electron chi connectivity index (χ2n) is 2.73. The average Bonchev–Trinajstić information content (AvgIpc) is 2.59. The highest BCUT2D eigenvalue weighted by Gasteiger charge is 2.20. The fourth-order valence-corrected chi connectivity index (χ4v) is 1.76. The van der Waals surface area contributed by atoms with Crippen molar-refractivity contribution in [3.63, 3.8) is 0 Å². The molecule has 0 bridgehead atoms. The quantitative estimate of drug-likeness (QED) is 0.757. The van der Waals surface area contributed by atoms with Crippen molar-refractivity contribution in [1.82, 2.24) is 4.98 Å². The van der Waals surface area contributed by atoms with Gasteiger partial charge in [0.1, 0.15) is 5.52 Å². The van der Waals surface area contributed by atoms with Crippen LogP contribution in [0.15, 0.2) is 27.8 Å². The fourth-order valence-electron chi connectivity index (χ4n) is 1.17. The van der Waals surface area contributed by atoms with Gasteiger partial charge in [0.05, 0.1) is 7.11 Å². The molecule has 0 spiro atoms. The van der Waals surface area contributed by atoms with Crippen molar-refractivity contribution < 1.29 is 17.6 Å². The highest BCUT2D eigenvalue weighted by atomic mass is 35.7. The van der Waals surface area contributed by atoms with Gasteiger partial charge in [-0.3, -0.25) is 0 Å². The zero-order valence-corrected chi connectivity index (χ0v) is 9.17. The van der Waals surface area contributed by atoms with Crippen LogP contribution < -0.4 is 4.74 Å². The molecule has 2 rings (SSSR count). The number of aromatic nitrogens is 1. The molecule has 7 heteroatoms. The molecule has 0 radical (unpaired) electrons. The molecule has 0 unspecified atom stereocenters. The lowest BCUT2D eigenvalue weighted by Crippen LogP contribution is -1.88. The van der Waals surface area contributed by atoms with Gasteiger partial charge >= 0.3 is 14.3 Å². The van der Waals surface area contributed by atoms with Gasteiger partial charge in [-0.05, 0) is 12.1 Å². The van der Waals surface area contributed by atoms with E-state index in [-0.39, 0.29) is 5.58 Å². The Balaban J connectivity index is 2.76. The number of para-hydroxylation sites is 1. The van der Waals surface area contributed by atoms with Gasteiger partial charge in [0.25, 0.3) is 0 Å². The Morgan fingerprint density at radius 1 is 1.47 bits per heavy atom. The molecule has 0 aliphatic heterocycles. The van der Waals surface area contributed by atoms with Gasteiger partial charge in [0.15, 0.2) is 11.3 Å². The molecule has 0 fully saturated rings. The summed E-state index contributed by atoms with van der Waals surface area (Å²) in [4.78, 5) is 3.73. The van der Waals surface area contributed by atoms with Crippen molar-refractivity contribution in [3.8, 4) is 5.75 Å². The molecule has 0 atom stereocenters. The number of halogens is 1. The Labute approximate surface area is 90.0 Å². The van der Waals surface area contributed by atoms with E-state index in [1.54, 1.807) is 18.2 Å². The number of nitrogens with zero attached hydrogens (tertiary/aromatic N) is 1. The van der Waals surface area contributed by atoms with Gasteiger partial charge in [0, 0.05) is 10.7 Å². The van der Waals surface area contributed by atoms with E-state index in [1.165, 1.54) is 7.11 Å². The normalized spacial score (nSPS) is 11.9. The van der Waals surface area contributed by atoms with Gasteiger partial charge < -0.3 is 9.15 Å². The van der Waals surface area contributed by atoms with Crippen molar-refractivity contribution in [3.05, 3.63) is 18.2 Å². The first-order chi connectivity index (χ1) is 7.02. The minimum atomic E-state index is -3.95. The van der Waals surface area contributed by atoms with Crippen molar-refractivity contribution >= 4 is 30.8 Å². The van der Waals surface area contributed by atoms with Crippen LogP contribution in [-0.2, 0) is 9.05 Å². The van der Waals surface area contributed by atoms with E-state index in [1.807, 2.05) is 0 Å². The zero-order chi connectivity index (χ0) is 11.1. The molecule has 0 saturated heterocycles. The standard InChI is InChI=1S/C8H6ClNO4S/c1-13-6-4-2-3-5-7(6)14-8(10-5)15(9,11)12/h2-4H,1H3. The molecule has 0 aliphatic carbocycles. The Morgan fingerprint density at radius 2 is 2.20 bits per heavy atom. The summed E-state index contributed by atoms with van der Waals surface area (Å²) in [6.07, 6.45) is 0. The lowest BCUT2D eigenvalue weighted by Gasteiger charge is -1.96. The van der Waals surface area contributed by atoms with Crippen molar-refractivity contribution in [1.29, 1.82) is 0 Å². The summed E-state index contributed by atoms with van der Waals surface area (Å²) in [6.45, 7) is 0. The third-order valence-corrected chi connectivity index (χ3v) is 2.78. The lowest BCUT2D eigenvalue weighted by molar-refractivity contribution is 0.398. The van der Waals surface area contributed by atoms with Crippen LogP contribution >= 0.6 is 10.7 Å². The summed E-state index contributed by atoms with van der Waals surface area (Å²) >= 11 is 0. The van der Waals surface area contributed by atoms with Gasteiger partial charge in [-0.2, -0.15) is 4.98 Å². The van der Waals surface area contributed by atoms with Crippen molar-refractivity contribution in [2.24, 2.45) is 0 Å². The number of ether oxygens (including phenoxy) is 1. The monoisotopic (exact) mass is 247 g/mol. The SMILES string of the molecule is COc1cccc2nc(S(=O)(=O)Cl)oc12. The van der Waals surface area contributed by atoms with E-state index in [2.05, 4.69) is 4.98 Å². The van der Waals surface area contributed by atoms with Crippen LogP contribution in [-0.4, -0.2) is 20.5 Å². The molecule has 1 heterocycles. The largest absolute Gasteiger partial charge is 0.493 e. The average molecular weight is 248 g/mol. The molecular formula is C8H6ClNO4S. The third-order valence-electron chi connectivity index (χ3n) is 1.79. The number of rotatable bonds is 2. The van der Waals surface area contributed by atoms with E-state index in [0.29, 0.717) is 11.3 Å². The van der Waals surface area contributed by atoms with Crippen molar-refractivity contribution in [2.75, 3.05) is 7.11 Å². The predicted octanol–water partition coefficient (Wildman–Crippen LogP) is 1.76. The van der Waals surface area contributed by atoms with Crippen LogP contribution in [0.25, 0.3) is 11.1 Å². The summed E-state index contributed by atoms with van der Waals surface area (Å²) in [6, 6.07) is 4.92. The predicted molar refractivity (Wildman–Crippen MR) is 53.6 cm³/mol. The van der Waals surface area contributed by atoms with Crippen LogP contribution in [0.3, 0.4) is 0 Å². The first-order valence-electron chi connectivity index (χ1n) is 3.90. The number of fused-ring (bicyclic) bond motifs is 1. The molecule has 2 aromatic rings. The molecular weight excluding hydrogens is 242 g/mol. The maximum absolute atomic E-state index is 11.0. The van der Waals surface area contributed by atoms with Crippen molar-refractivity contribution in [2.45, 2.75) is 5.22 Å². The first-order valence-corrected chi connectivity index (χ1v) is 6.21. The summed E-state index contributed by atoms with van der Waals surface area (Å²) in [5.41, 5.74) is 0.646. The van der Waals surface area contributed by atoms with E-state index in [0.717, 1.165) is 0 Å². The second kappa shape index (κ2) is 3.39. The Bertz CT molecular complexity index is 604. The lowest BCUT2D eigenvalue weighted by atomic mass is 10.3. The van der Waals surface area contributed by atoms with Crippen LogP contribution in [0, 0.1) is 0 Å². The molecule has 80 valence electrons. The smallest absolute Gasteiger partial charge is 0.332 e. The summed E-state index contributed by atoms with van der Waals surface area (Å²) in [5, 5.41) is -0.524. The maximum atomic E-state index is 11.0. The van der Waals surface area contributed by atoms with Crippen LogP contribution in [0.2, 0.25) is 0 Å². The maximum Gasteiger partial charge on any atom is 0.332 e. The molecule has 0 N–H and O–H groups in total. The fraction of sp³-hybridized carbons (Fsp3) is 0.125. The number of oxazole rings is 1. The highest BCUT2D eigenvalue weighted by Crippen LogP contribution is 2.28. The minimum absolute atomic E-state index is 0.263. The molecule has 5 nitrogen and oxygen atoms in total. The van der Waals surface area contributed by atoms with Gasteiger partial charge in [-0.1, -0.05) is 6.07 Å². The minimum Gasteiger partial charge on any atom is -0.493 e. The number of methoxy groups -OCH3 is 1. The Morgan fingerprint density at radius 3 is 2.80 bits per heavy atom. The van der Waals surface area contributed by atoms with Crippen LogP contribution in [0.5, 0.6) is 5.75 Å². The second-order valence-corrected chi connectivity index (χ2v) is 5.17. The van der Waals surface area contributed by atoms with E-state index >= 15 is 0 Å². The summed E-state index contributed by atoms with van der Waals surface area (Å²) in [7, 11) is 2.60. The zero-order valence-electron chi connectivity index (χ0n) is 7.60. The molecule has 0 saturated carbocycles. The molecule has 0 aliphatic rings. The highest BCUT2D eigenvalue weighted by molar-refractivity contribution is 8.13. The number of hydrogen-bond donors (Lipinski definition) is 0. The number of benzene rings is 1. The Hall–Kier alpha value is -1.27. The van der Waals surface area contributed by atoms with E-state index in [9.17, 15) is 8.42 Å². The third kappa shape index (κ3) is 1.78. The summed E-state index contributed by atoms with van der Waals surface area (Å²) in [5.74, 6) is 0.409.